The number of carbonyl (C=O) groups is 1. The molecule has 0 aromatic heterocycles. The number of anilines is 1. The third-order valence-corrected chi connectivity index (χ3v) is 2.30. The molecule has 0 aliphatic rings. The minimum atomic E-state index is -0.294. The van der Waals surface area contributed by atoms with Crippen LogP contribution in [0, 0.1) is 6.92 Å². The van der Waals surface area contributed by atoms with Crippen molar-refractivity contribution >= 4 is 11.6 Å². The highest BCUT2D eigenvalue weighted by Crippen LogP contribution is 2.10. The van der Waals surface area contributed by atoms with Gasteiger partial charge in [0.15, 0.2) is 0 Å². The molecule has 0 atom stereocenters. The summed E-state index contributed by atoms with van der Waals surface area (Å²) >= 11 is 0. The van der Waals surface area contributed by atoms with Gasteiger partial charge < -0.3 is 16.4 Å². The molecule has 86 valence electrons. The van der Waals surface area contributed by atoms with Gasteiger partial charge in [-0.15, -0.1) is 0 Å². The number of aryl methyl sites for hydroxylation is 1. The Labute approximate surface area is 95.5 Å². The van der Waals surface area contributed by atoms with Gasteiger partial charge in [0.1, 0.15) is 5.70 Å². The first kappa shape index (κ1) is 12.1. The van der Waals surface area contributed by atoms with Gasteiger partial charge in [-0.25, -0.2) is 0 Å². The Balaban J connectivity index is 2.80. The molecule has 4 nitrogen and oxygen atoms in total. The van der Waals surface area contributed by atoms with Gasteiger partial charge in [-0.3, -0.25) is 4.79 Å². The molecule has 1 aromatic carbocycles. The van der Waals surface area contributed by atoms with E-state index in [0.717, 1.165) is 11.3 Å². The minimum Gasteiger partial charge on any atom is -0.393 e. The predicted molar refractivity (Wildman–Crippen MR) is 65.8 cm³/mol. The molecule has 4 heteroatoms. The molecule has 4 N–H and O–H groups in total. The average molecular weight is 219 g/mol. The van der Waals surface area contributed by atoms with Gasteiger partial charge in [0.2, 0.25) is 0 Å². The normalized spacial score (nSPS) is 11.7. The van der Waals surface area contributed by atoms with Crippen molar-refractivity contribution in [3.05, 3.63) is 41.2 Å². The monoisotopic (exact) mass is 219 g/mol. The quantitative estimate of drug-likeness (QED) is 0.672. The maximum Gasteiger partial charge on any atom is 0.273 e. The SMILES string of the molecule is CNC(C)=C(N)C(=O)Nc1cccc(C)c1. The second-order valence-corrected chi connectivity index (χ2v) is 3.61. The van der Waals surface area contributed by atoms with Crippen LogP contribution in [-0.4, -0.2) is 13.0 Å². The molecule has 0 radical (unpaired) electrons. The second kappa shape index (κ2) is 5.21. The highest BCUT2D eigenvalue weighted by molar-refractivity contribution is 6.03. The van der Waals surface area contributed by atoms with E-state index in [4.69, 9.17) is 5.73 Å². The lowest BCUT2D eigenvalue weighted by molar-refractivity contribution is -0.113. The van der Waals surface area contributed by atoms with Crippen LogP contribution in [-0.2, 0) is 4.79 Å². The van der Waals surface area contributed by atoms with Gasteiger partial charge >= 0.3 is 0 Å². The van der Waals surface area contributed by atoms with Crippen LogP contribution in [0.3, 0.4) is 0 Å². The number of nitrogens with one attached hydrogen (secondary N) is 2. The maximum absolute atomic E-state index is 11.7. The smallest absolute Gasteiger partial charge is 0.273 e. The van der Waals surface area contributed by atoms with Gasteiger partial charge in [-0.05, 0) is 31.5 Å². The number of nitrogens with two attached hydrogens (primary N) is 1. The Hall–Kier alpha value is -1.97. The van der Waals surface area contributed by atoms with E-state index in [0.29, 0.717) is 5.70 Å². The number of allylic oxidation sites excluding steroid dienone is 1. The minimum absolute atomic E-state index is 0.198. The molecule has 0 aliphatic carbocycles. The summed E-state index contributed by atoms with van der Waals surface area (Å²) in [7, 11) is 1.72. The van der Waals surface area contributed by atoms with Crippen molar-refractivity contribution in [3.8, 4) is 0 Å². The molecular weight excluding hydrogens is 202 g/mol. The highest BCUT2D eigenvalue weighted by atomic mass is 16.2. The van der Waals surface area contributed by atoms with Crippen LogP contribution in [0.25, 0.3) is 0 Å². The van der Waals surface area contributed by atoms with Crippen LogP contribution >= 0.6 is 0 Å². The number of benzene rings is 1. The summed E-state index contributed by atoms with van der Waals surface area (Å²) in [5.41, 5.74) is 8.35. The first-order valence-corrected chi connectivity index (χ1v) is 5.06. The molecular formula is C12H17N3O. The Bertz CT molecular complexity index is 424. The summed E-state index contributed by atoms with van der Waals surface area (Å²) < 4.78 is 0. The summed E-state index contributed by atoms with van der Waals surface area (Å²) in [5, 5.41) is 5.57. The zero-order valence-electron chi connectivity index (χ0n) is 9.79. The highest BCUT2D eigenvalue weighted by Gasteiger charge is 2.08. The van der Waals surface area contributed by atoms with Crippen molar-refractivity contribution in [2.75, 3.05) is 12.4 Å². The van der Waals surface area contributed by atoms with Crippen molar-refractivity contribution in [3.63, 3.8) is 0 Å². The number of amides is 1. The summed E-state index contributed by atoms with van der Waals surface area (Å²) in [6.45, 7) is 3.72. The first-order valence-electron chi connectivity index (χ1n) is 5.06. The lowest BCUT2D eigenvalue weighted by atomic mass is 10.2. The van der Waals surface area contributed by atoms with Crippen molar-refractivity contribution in [1.82, 2.24) is 5.32 Å². The lowest BCUT2D eigenvalue weighted by Crippen LogP contribution is -2.24. The van der Waals surface area contributed by atoms with Gasteiger partial charge in [0.25, 0.3) is 5.91 Å². The fourth-order valence-electron chi connectivity index (χ4n) is 1.23. The van der Waals surface area contributed by atoms with E-state index in [9.17, 15) is 4.79 Å². The van der Waals surface area contributed by atoms with Gasteiger partial charge in [0.05, 0.1) is 0 Å². The van der Waals surface area contributed by atoms with Crippen molar-refractivity contribution in [1.29, 1.82) is 0 Å². The molecule has 0 fully saturated rings. The van der Waals surface area contributed by atoms with E-state index in [1.54, 1.807) is 14.0 Å². The number of carbonyl (C=O) groups excluding carboxylic acids is 1. The van der Waals surface area contributed by atoms with E-state index in [1.165, 1.54) is 0 Å². The summed E-state index contributed by atoms with van der Waals surface area (Å²) in [4.78, 5) is 11.7. The van der Waals surface area contributed by atoms with E-state index in [1.807, 2.05) is 31.2 Å². The zero-order chi connectivity index (χ0) is 12.1. The third kappa shape index (κ3) is 3.02. The van der Waals surface area contributed by atoms with Gasteiger partial charge in [-0.1, -0.05) is 12.1 Å². The average Bonchev–Trinajstić information content (AvgIpc) is 2.27. The van der Waals surface area contributed by atoms with Crippen molar-refractivity contribution in [2.24, 2.45) is 5.73 Å². The van der Waals surface area contributed by atoms with E-state index >= 15 is 0 Å². The number of hydrogen-bond acceptors (Lipinski definition) is 3. The van der Waals surface area contributed by atoms with Crippen molar-refractivity contribution in [2.45, 2.75) is 13.8 Å². The molecule has 0 spiro atoms. The second-order valence-electron chi connectivity index (χ2n) is 3.61. The Morgan fingerprint density at radius 3 is 2.62 bits per heavy atom. The molecule has 16 heavy (non-hydrogen) atoms. The molecule has 1 amide bonds. The standard InChI is InChI=1S/C12H17N3O/c1-8-5-4-6-10(7-8)15-12(16)11(13)9(2)14-3/h4-7,14H,13H2,1-3H3,(H,15,16). The van der Waals surface area contributed by atoms with Crippen LogP contribution in [0.4, 0.5) is 5.69 Å². The van der Waals surface area contributed by atoms with Crippen LogP contribution in [0.15, 0.2) is 35.7 Å². The first-order chi connectivity index (χ1) is 7.54. The molecule has 1 rings (SSSR count). The van der Waals surface area contributed by atoms with E-state index < -0.39 is 0 Å². The number of hydrogen-bond donors (Lipinski definition) is 3. The van der Waals surface area contributed by atoms with E-state index in [-0.39, 0.29) is 11.6 Å². The summed E-state index contributed by atoms with van der Waals surface area (Å²) in [5.74, 6) is -0.294. The van der Waals surface area contributed by atoms with Crippen LogP contribution < -0.4 is 16.4 Å². The summed E-state index contributed by atoms with van der Waals surface area (Å²) in [6.07, 6.45) is 0. The molecule has 1 aromatic rings. The largest absolute Gasteiger partial charge is 0.393 e. The fraction of sp³-hybridized carbons (Fsp3) is 0.250. The maximum atomic E-state index is 11.7. The molecule has 0 unspecified atom stereocenters. The molecule has 0 heterocycles. The van der Waals surface area contributed by atoms with Gasteiger partial charge in [-0.2, -0.15) is 0 Å². The van der Waals surface area contributed by atoms with Gasteiger partial charge in [0, 0.05) is 18.4 Å². The predicted octanol–water partition coefficient (Wildman–Crippen LogP) is 1.34. The Kier molecular flexibility index (Phi) is 3.94. The van der Waals surface area contributed by atoms with Crippen LogP contribution in [0.5, 0.6) is 0 Å². The van der Waals surface area contributed by atoms with E-state index in [2.05, 4.69) is 10.6 Å². The van der Waals surface area contributed by atoms with Crippen molar-refractivity contribution < 1.29 is 4.79 Å². The molecule has 0 aliphatic heterocycles. The third-order valence-electron chi connectivity index (χ3n) is 2.30. The van der Waals surface area contributed by atoms with Crippen LogP contribution in [0.1, 0.15) is 12.5 Å². The molecule has 0 saturated carbocycles. The lowest BCUT2D eigenvalue weighted by Gasteiger charge is -2.08. The Morgan fingerprint density at radius 2 is 2.06 bits per heavy atom. The molecule has 0 saturated heterocycles. The molecule has 0 bridgehead atoms. The van der Waals surface area contributed by atoms with Crippen LogP contribution in [0.2, 0.25) is 0 Å². The topological polar surface area (TPSA) is 67.1 Å². The Morgan fingerprint density at radius 1 is 1.38 bits per heavy atom. The number of rotatable bonds is 3. The zero-order valence-corrected chi connectivity index (χ0v) is 9.79. The summed E-state index contributed by atoms with van der Waals surface area (Å²) in [6, 6.07) is 7.57. The fourth-order valence-corrected chi connectivity index (χ4v) is 1.23.